The topological polar surface area (TPSA) is 87.2 Å². The molecule has 1 atom stereocenters. The van der Waals surface area contributed by atoms with Crippen LogP contribution in [0.15, 0.2) is 53.5 Å². The Balaban J connectivity index is 0.00000363. The molecule has 32 heavy (non-hydrogen) atoms. The summed E-state index contributed by atoms with van der Waals surface area (Å²) in [7, 11) is 3.05. The molecule has 1 aliphatic heterocycles. The van der Waals surface area contributed by atoms with Crippen molar-refractivity contribution in [3.8, 4) is 5.75 Å². The number of aliphatic imine (C=N–C) groups is 1. The van der Waals surface area contributed by atoms with Crippen LogP contribution < -0.4 is 25.6 Å². The van der Waals surface area contributed by atoms with Gasteiger partial charge in [0.05, 0.1) is 26.5 Å². The summed E-state index contributed by atoms with van der Waals surface area (Å²) in [5.74, 6) is 1.69. The molecule has 8 nitrogen and oxygen atoms in total. The number of benzene rings is 2. The lowest BCUT2D eigenvalue weighted by atomic mass is 10.2. The molecule has 174 valence electrons. The minimum absolute atomic E-state index is 0. The molecule has 1 heterocycles. The van der Waals surface area contributed by atoms with E-state index in [-0.39, 0.29) is 24.0 Å². The van der Waals surface area contributed by atoms with E-state index in [1.165, 1.54) is 7.11 Å². The number of methoxy groups -OCH3 is 2. The molecule has 1 unspecified atom stereocenters. The van der Waals surface area contributed by atoms with Crippen LogP contribution in [0.1, 0.15) is 18.9 Å². The summed E-state index contributed by atoms with van der Waals surface area (Å²) < 4.78 is 10.1. The lowest BCUT2D eigenvalue weighted by Crippen LogP contribution is -2.44. The number of para-hydroxylation sites is 2. The monoisotopic (exact) mass is 553 g/mol. The van der Waals surface area contributed by atoms with Crippen molar-refractivity contribution < 1.29 is 14.3 Å². The zero-order valence-corrected chi connectivity index (χ0v) is 21.1. The summed E-state index contributed by atoms with van der Waals surface area (Å²) in [6.07, 6.45) is 0.541. The molecular weight excluding hydrogens is 521 g/mol. The quantitative estimate of drug-likeness (QED) is 0.275. The number of carbonyl (C=O) groups excluding carboxylic acids is 1. The first-order valence-electron chi connectivity index (χ1n) is 10.5. The van der Waals surface area contributed by atoms with E-state index in [0.717, 1.165) is 49.0 Å². The Hall–Kier alpha value is -2.69. The van der Waals surface area contributed by atoms with Crippen LogP contribution >= 0.6 is 24.0 Å². The fourth-order valence-electron chi connectivity index (χ4n) is 3.53. The van der Waals surface area contributed by atoms with Crippen LogP contribution in [0, 0.1) is 0 Å². The number of hydrogen-bond acceptors (Lipinski definition) is 5. The number of halogens is 1. The van der Waals surface area contributed by atoms with Gasteiger partial charge in [-0.25, -0.2) is 9.79 Å². The molecule has 9 heteroatoms. The third-order valence-electron chi connectivity index (χ3n) is 5.10. The van der Waals surface area contributed by atoms with E-state index in [0.29, 0.717) is 18.3 Å². The normalized spacial score (nSPS) is 15.5. The first-order chi connectivity index (χ1) is 15.1. The van der Waals surface area contributed by atoms with Gasteiger partial charge in [0.15, 0.2) is 5.96 Å². The highest BCUT2D eigenvalue weighted by Crippen LogP contribution is 2.30. The molecule has 2 aromatic carbocycles. The van der Waals surface area contributed by atoms with Gasteiger partial charge in [0, 0.05) is 31.4 Å². The molecular formula is C23H32IN5O3. The first kappa shape index (κ1) is 25.6. The highest BCUT2D eigenvalue weighted by atomic mass is 127. The molecule has 3 rings (SSSR count). The van der Waals surface area contributed by atoms with Crippen molar-refractivity contribution in [2.24, 2.45) is 4.99 Å². The van der Waals surface area contributed by atoms with Crippen LogP contribution in [0.4, 0.5) is 16.2 Å². The summed E-state index contributed by atoms with van der Waals surface area (Å²) in [4.78, 5) is 18.4. The highest BCUT2D eigenvalue weighted by molar-refractivity contribution is 14.0. The Morgan fingerprint density at radius 3 is 2.59 bits per heavy atom. The Labute approximate surface area is 206 Å². The van der Waals surface area contributed by atoms with Crippen LogP contribution in [0.2, 0.25) is 0 Å². The Morgan fingerprint density at radius 2 is 1.91 bits per heavy atom. The number of guanidine groups is 1. The van der Waals surface area contributed by atoms with E-state index in [9.17, 15) is 4.79 Å². The van der Waals surface area contributed by atoms with Crippen LogP contribution in [0.5, 0.6) is 5.75 Å². The third-order valence-corrected chi connectivity index (χ3v) is 5.10. The number of ether oxygens (including phenoxy) is 2. The highest BCUT2D eigenvalue weighted by Gasteiger charge is 2.25. The van der Waals surface area contributed by atoms with Crippen molar-refractivity contribution in [3.63, 3.8) is 0 Å². The predicted molar refractivity (Wildman–Crippen MR) is 139 cm³/mol. The van der Waals surface area contributed by atoms with Crippen LogP contribution in [-0.4, -0.2) is 51.9 Å². The Kier molecular flexibility index (Phi) is 10.4. The second-order valence-corrected chi connectivity index (χ2v) is 7.26. The average molecular weight is 553 g/mol. The maximum Gasteiger partial charge on any atom is 0.411 e. The average Bonchev–Trinajstić information content (AvgIpc) is 3.26. The number of amides is 1. The van der Waals surface area contributed by atoms with E-state index < -0.39 is 6.09 Å². The van der Waals surface area contributed by atoms with Crippen molar-refractivity contribution in [1.29, 1.82) is 0 Å². The Morgan fingerprint density at radius 1 is 1.16 bits per heavy atom. The second kappa shape index (κ2) is 13.0. The molecule has 1 fully saturated rings. The number of carbonyl (C=O) groups is 1. The van der Waals surface area contributed by atoms with E-state index in [1.807, 2.05) is 42.5 Å². The van der Waals surface area contributed by atoms with Crippen molar-refractivity contribution in [2.45, 2.75) is 25.9 Å². The zero-order valence-electron chi connectivity index (χ0n) is 18.8. The molecule has 0 radical (unpaired) electrons. The van der Waals surface area contributed by atoms with Crippen LogP contribution in [-0.2, 0) is 11.3 Å². The summed E-state index contributed by atoms with van der Waals surface area (Å²) >= 11 is 0. The number of rotatable bonds is 7. The van der Waals surface area contributed by atoms with Gasteiger partial charge in [-0.3, -0.25) is 5.32 Å². The smallest absolute Gasteiger partial charge is 0.411 e. The molecule has 1 amide bonds. The summed E-state index contributed by atoms with van der Waals surface area (Å²) in [6.45, 7) is 5.23. The predicted octanol–water partition coefficient (Wildman–Crippen LogP) is 3.83. The number of nitrogens with zero attached hydrogens (tertiary/aromatic N) is 2. The van der Waals surface area contributed by atoms with Gasteiger partial charge < -0.3 is 25.0 Å². The molecule has 0 spiro atoms. The molecule has 0 bridgehead atoms. The maximum absolute atomic E-state index is 11.3. The van der Waals surface area contributed by atoms with Crippen molar-refractivity contribution in [3.05, 3.63) is 54.1 Å². The van der Waals surface area contributed by atoms with Gasteiger partial charge in [0.25, 0.3) is 0 Å². The van der Waals surface area contributed by atoms with E-state index in [1.54, 1.807) is 7.11 Å². The lowest BCUT2D eigenvalue weighted by Gasteiger charge is -2.22. The molecule has 0 aromatic heterocycles. The summed E-state index contributed by atoms with van der Waals surface area (Å²) in [5.41, 5.74) is 2.86. The molecule has 0 aliphatic carbocycles. The van der Waals surface area contributed by atoms with E-state index in [2.05, 4.69) is 38.6 Å². The molecule has 3 N–H and O–H groups in total. The zero-order chi connectivity index (χ0) is 22.1. The van der Waals surface area contributed by atoms with Gasteiger partial charge in [-0.1, -0.05) is 24.3 Å². The van der Waals surface area contributed by atoms with Gasteiger partial charge in [-0.15, -0.1) is 24.0 Å². The van der Waals surface area contributed by atoms with Crippen LogP contribution in [0.25, 0.3) is 0 Å². The van der Waals surface area contributed by atoms with Gasteiger partial charge in [-0.05, 0) is 43.2 Å². The van der Waals surface area contributed by atoms with Crippen molar-refractivity contribution in [2.75, 3.05) is 44.1 Å². The maximum atomic E-state index is 11.3. The van der Waals surface area contributed by atoms with E-state index >= 15 is 0 Å². The second-order valence-electron chi connectivity index (χ2n) is 7.26. The SMILES string of the molecule is CCNC(=NCc1ccc(NC(=O)OC)cc1)NC1CCN(c2ccccc2OC)C1.I. The Bertz CT molecular complexity index is 891. The number of nitrogens with one attached hydrogen (secondary N) is 3. The van der Waals surface area contributed by atoms with Crippen molar-refractivity contribution in [1.82, 2.24) is 10.6 Å². The molecule has 0 saturated carbocycles. The molecule has 2 aromatic rings. The molecule has 1 saturated heterocycles. The van der Waals surface area contributed by atoms with Gasteiger partial charge >= 0.3 is 6.09 Å². The number of anilines is 2. The fourth-order valence-corrected chi connectivity index (χ4v) is 3.53. The third kappa shape index (κ3) is 7.18. The van der Waals surface area contributed by atoms with Gasteiger partial charge in [0.1, 0.15) is 5.75 Å². The minimum atomic E-state index is -0.483. The van der Waals surface area contributed by atoms with Gasteiger partial charge in [0.2, 0.25) is 0 Å². The van der Waals surface area contributed by atoms with E-state index in [4.69, 9.17) is 9.73 Å². The summed E-state index contributed by atoms with van der Waals surface area (Å²) in [5, 5.41) is 9.52. The lowest BCUT2D eigenvalue weighted by molar-refractivity contribution is 0.187. The molecule has 1 aliphatic rings. The van der Waals surface area contributed by atoms with Gasteiger partial charge in [-0.2, -0.15) is 0 Å². The van der Waals surface area contributed by atoms with Crippen LogP contribution in [0.3, 0.4) is 0 Å². The minimum Gasteiger partial charge on any atom is -0.495 e. The van der Waals surface area contributed by atoms with Crippen molar-refractivity contribution >= 4 is 47.4 Å². The summed E-state index contributed by atoms with van der Waals surface area (Å²) in [6, 6.07) is 16.0. The first-order valence-corrected chi connectivity index (χ1v) is 10.5. The fraction of sp³-hybridized carbons (Fsp3) is 0.391. The standard InChI is InChI=1S/C23H31N5O3.HI/c1-4-24-22(25-15-17-9-11-18(12-10-17)27-23(29)31-3)26-19-13-14-28(16-19)20-7-5-6-8-21(20)30-2;/h5-12,19H,4,13-16H2,1-3H3,(H,27,29)(H2,24,25,26);1H. The largest absolute Gasteiger partial charge is 0.495 e. The number of hydrogen-bond donors (Lipinski definition) is 3.